The van der Waals surface area contributed by atoms with Crippen molar-refractivity contribution in [2.75, 3.05) is 19.4 Å². The zero-order valence-corrected chi connectivity index (χ0v) is 17.2. The van der Waals surface area contributed by atoms with E-state index in [0.29, 0.717) is 27.9 Å². The third kappa shape index (κ3) is 2.71. The number of benzene rings is 2. The average Bonchev–Trinajstić information content (AvgIpc) is 3.35. The number of nitrogens with zero attached hydrogens (tertiary/aromatic N) is 4. The van der Waals surface area contributed by atoms with Gasteiger partial charge in [0.05, 0.1) is 39.6 Å². The number of amides is 1. The van der Waals surface area contributed by atoms with E-state index >= 15 is 0 Å². The second-order valence-electron chi connectivity index (χ2n) is 7.01. The number of aromatic nitrogens is 3. The first-order valence-electron chi connectivity index (χ1n) is 8.95. The molecule has 1 atom stereocenters. The molecule has 1 amide bonds. The molecule has 0 aliphatic carbocycles. The summed E-state index contributed by atoms with van der Waals surface area (Å²) in [7, 11) is 1.53. The second-order valence-corrected chi connectivity index (χ2v) is 7.87. The number of halogens is 3. The van der Waals surface area contributed by atoms with Crippen molar-refractivity contribution in [3.8, 4) is 5.75 Å². The molecule has 7 nitrogen and oxygen atoms in total. The Morgan fingerprint density at radius 1 is 1.27 bits per heavy atom. The van der Waals surface area contributed by atoms with Crippen molar-refractivity contribution in [2.45, 2.75) is 6.04 Å². The largest absolute Gasteiger partial charge is 0.491 e. The molecule has 3 heterocycles. The summed E-state index contributed by atoms with van der Waals surface area (Å²) in [4.78, 5) is 22.7. The fourth-order valence-electron chi connectivity index (χ4n) is 3.70. The van der Waals surface area contributed by atoms with Crippen LogP contribution in [0.25, 0.3) is 16.6 Å². The smallest absolute Gasteiger partial charge is 0.257 e. The van der Waals surface area contributed by atoms with Gasteiger partial charge in [0.15, 0.2) is 0 Å². The summed E-state index contributed by atoms with van der Waals surface area (Å²) in [5, 5.41) is 0. The van der Waals surface area contributed by atoms with Gasteiger partial charge in [0.1, 0.15) is 35.3 Å². The number of fused-ring (bicyclic) bond motifs is 4. The van der Waals surface area contributed by atoms with Crippen LogP contribution in [0.2, 0.25) is 0 Å². The number of carbonyl (C=O) groups excluding carboxylic acids is 1. The summed E-state index contributed by atoms with van der Waals surface area (Å²) in [6.07, 6.45) is 3.06. The van der Waals surface area contributed by atoms with E-state index in [2.05, 4.69) is 25.9 Å². The molecule has 1 unspecified atom stereocenters. The Hall–Kier alpha value is -3.27. The van der Waals surface area contributed by atoms with Gasteiger partial charge >= 0.3 is 0 Å². The SMILES string of the molecule is CN(C(=O)c1cc2c(cc1F)nc(N)c1cncn12)C1COc2cc(Br)c(F)cc21. The number of likely N-dealkylation sites (N-methyl/N-ethyl adjacent to an activating group) is 1. The van der Waals surface area contributed by atoms with Crippen molar-refractivity contribution in [1.82, 2.24) is 19.3 Å². The summed E-state index contributed by atoms with van der Waals surface area (Å²) < 4.78 is 36.4. The lowest BCUT2D eigenvalue weighted by Crippen LogP contribution is -2.32. The Morgan fingerprint density at radius 3 is 2.87 bits per heavy atom. The van der Waals surface area contributed by atoms with Crippen LogP contribution in [0.3, 0.4) is 0 Å². The van der Waals surface area contributed by atoms with E-state index < -0.39 is 23.6 Å². The van der Waals surface area contributed by atoms with Crippen LogP contribution in [0.5, 0.6) is 5.75 Å². The Kier molecular flexibility index (Phi) is 4.14. The molecule has 5 rings (SSSR count). The molecule has 2 aromatic carbocycles. The van der Waals surface area contributed by atoms with Gasteiger partial charge in [0.25, 0.3) is 5.91 Å². The van der Waals surface area contributed by atoms with Gasteiger partial charge < -0.3 is 15.4 Å². The minimum Gasteiger partial charge on any atom is -0.491 e. The highest BCUT2D eigenvalue weighted by Gasteiger charge is 2.33. The van der Waals surface area contributed by atoms with Gasteiger partial charge in [-0.25, -0.2) is 18.7 Å². The van der Waals surface area contributed by atoms with Crippen LogP contribution >= 0.6 is 15.9 Å². The summed E-state index contributed by atoms with van der Waals surface area (Å²) in [6.45, 7) is 0.145. The quantitative estimate of drug-likeness (QED) is 0.479. The molecule has 30 heavy (non-hydrogen) atoms. The minimum absolute atomic E-state index is 0.141. The fraction of sp³-hybridized carbons (Fsp3) is 0.150. The Bertz CT molecular complexity index is 1360. The van der Waals surface area contributed by atoms with Gasteiger partial charge in [-0.15, -0.1) is 0 Å². The van der Waals surface area contributed by atoms with Gasteiger partial charge in [-0.3, -0.25) is 9.20 Å². The molecular weight excluding hydrogens is 460 g/mol. The number of nitrogens with two attached hydrogens (primary N) is 1. The highest BCUT2D eigenvalue weighted by molar-refractivity contribution is 9.10. The lowest BCUT2D eigenvalue weighted by molar-refractivity contribution is 0.0704. The molecule has 1 aliphatic heterocycles. The van der Waals surface area contributed by atoms with E-state index in [-0.39, 0.29) is 22.5 Å². The van der Waals surface area contributed by atoms with Crippen LogP contribution in [0.4, 0.5) is 14.6 Å². The van der Waals surface area contributed by atoms with Gasteiger partial charge in [0.2, 0.25) is 0 Å². The number of ether oxygens (including phenoxy) is 1. The molecule has 0 saturated heterocycles. The maximum absolute atomic E-state index is 14.8. The van der Waals surface area contributed by atoms with E-state index in [4.69, 9.17) is 10.5 Å². The van der Waals surface area contributed by atoms with Gasteiger partial charge in [-0.2, -0.15) is 0 Å². The number of hydrogen-bond donors (Lipinski definition) is 1. The number of anilines is 1. The topological polar surface area (TPSA) is 85.8 Å². The van der Waals surface area contributed by atoms with Gasteiger partial charge in [-0.1, -0.05) is 0 Å². The van der Waals surface area contributed by atoms with Crippen LogP contribution in [0.15, 0.2) is 41.3 Å². The summed E-state index contributed by atoms with van der Waals surface area (Å²) >= 11 is 3.12. The van der Waals surface area contributed by atoms with Crippen molar-refractivity contribution in [1.29, 1.82) is 0 Å². The van der Waals surface area contributed by atoms with Crippen molar-refractivity contribution in [3.63, 3.8) is 0 Å². The van der Waals surface area contributed by atoms with Crippen molar-refractivity contribution < 1.29 is 18.3 Å². The molecule has 4 aromatic rings. The third-order valence-corrected chi connectivity index (χ3v) is 5.90. The molecule has 2 N–H and O–H groups in total. The van der Waals surface area contributed by atoms with Crippen LogP contribution in [0.1, 0.15) is 22.0 Å². The standard InChI is InChI=1S/C20H14BrF2N5O2/c1-27(17-7-30-18-4-11(21)13(23)2-10(17)18)20(29)9-3-15-14(5-12(9)22)26-19(24)16-6-25-8-28(15)16/h2-6,8,17H,7H2,1H3,(H2,24,26). The van der Waals surface area contributed by atoms with E-state index in [1.54, 1.807) is 4.40 Å². The van der Waals surface area contributed by atoms with Crippen LogP contribution in [0, 0.1) is 11.6 Å². The molecule has 0 bridgehead atoms. The average molecular weight is 474 g/mol. The summed E-state index contributed by atoms with van der Waals surface area (Å²) in [5.74, 6) is -1.07. The number of carbonyl (C=O) groups is 1. The highest BCUT2D eigenvalue weighted by atomic mass is 79.9. The number of hydrogen-bond acceptors (Lipinski definition) is 5. The lowest BCUT2D eigenvalue weighted by Gasteiger charge is -2.24. The molecule has 0 radical (unpaired) electrons. The van der Waals surface area contributed by atoms with Crippen molar-refractivity contribution >= 4 is 44.2 Å². The summed E-state index contributed by atoms with van der Waals surface area (Å²) in [5.41, 5.74) is 7.63. The van der Waals surface area contributed by atoms with Crippen LogP contribution < -0.4 is 10.5 Å². The Morgan fingerprint density at radius 2 is 2.07 bits per heavy atom. The fourth-order valence-corrected chi connectivity index (χ4v) is 4.02. The molecule has 0 spiro atoms. The van der Waals surface area contributed by atoms with E-state index in [1.807, 2.05) is 0 Å². The first-order valence-corrected chi connectivity index (χ1v) is 9.74. The number of imidazole rings is 1. The Balaban J connectivity index is 1.58. The van der Waals surface area contributed by atoms with E-state index in [1.165, 1.54) is 48.7 Å². The van der Waals surface area contributed by atoms with Gasteiger partial charge in [-0.05, 0) is 34.1 Å². The molecular formula is C20H14BrF2N5O2. The predicted octanol–water partition coefficient (Wildman–Crippen LogP) is 3.71. The van der Waals surface area contributed by atoms with Gasteiger partial charge in [0, 0.05) is 18.7 Å². The maximum atomic E-state index is 14.8. The van der Waals surface area contributed by atoms with Crippen molar-refractivity contribution in [2.24, 2.45) is 0 Å². The Labute approximate surface area is 177 Å². The molecule has 1 aliphatic rings. The second kappa shape index (κ2) is 6.63. The monoisotopic (exact) mass is 473 g/mol. The number of rotatable bonds is 2. The molecule has 0 fully saturated rings. The zero-order chi connectivity index (χ0) is 21.2. The molecule has 10 heteroatoms. The molecule has 2 aromatic heterocycles. The van der Waals surface area contributed by atoms with Crippen molar-refractivity contribution in [3.05, 3.63) is 64.0 Å². The number of nitrogen functional groups attached to an aromatic ring is 1. The third-order valence-electron chi connectivity index (χ3n) is 5.29. The summed E-state index contributed by atoms with van der Waals surface area (Å²) in [6, 6.07) is 4.87. The first-order chi connectivity index (χ1) is 14.3. The zero-order valence-electron chi connectivity index (χ0n) is 15.6. The minimum atomic E-state index is -0.730. The normalized spacial score (nSPS) is 15.4. The molecule has 152 valence electrons. The predicted molar refractivity (Wildman–Crippen MR) is 109 cm³/mol. The first kappa shape index (κ1) is 18.7. The van der Waals surface area contributed by atoms with E-state index in [0.717, 1.165) is 0 Å². The van der Waals surface area contributed by atoms with Crippen LogP contribution in [-0.4, -0.2) is 38.8 Å². The lowest BCUT2D eigenvalue weighted by atomic mass is 10.1. The maximum Gasteiger partial charge on any atom is 0.257 e. The van der Waals surface area contributed by atoms with E-state index in [9.17, 15) is 13.6 Å². The van der Waals surface area contributed by atoms with Crippen LogP contribution in [-0.2, 0) is 0 Å². The highest BCUT2D eigenvalue weighted by Crippen LogP contribution is 2.39. The molecule has 0 saturated carbocycles.